The Balaban J connectivity index is 1.82. The summed E-state index contributed by atoms with van der Waals surface area (Å²) in [5.41, 5.74) is 0.354. The van der Waals surface area contributed by atoms with E-state index in [1.165, 1.54) is 11.3 Å². The van der Waals surface area contributed by atoms with Gasteiger partial charge in [-0.25, -0.2) is 4.79 Å². The quantitative estimate of drug-likeness (QED) is 0.755. The fourth-order valence-electron chi connectivity index (χ4n) is 4.29. The van der Waals surface area contributed by atoms with E-state index in [0.29, 0.717) is 10.6 Å². The van der Waals surface area contributed by atoms with Crippen molar-refractivity contribution in [2.24, 2.45) is 23.7 Å². The molecular formula is C18H23NO5S. The molecule has 7 heteroatoms. The molecule has 4 atom stereocenters. The Hall–Kier alpha value is -1.89. The number of carbonyl (C=O) groups is 3. The molecule has 136 valence electrons. The van der Waals surface area contributed by atoms with Gasteiger partial charge in [0.05, 0.1) is 24.0 Å². The molecule has 0 aliphatic heterocycles. The minimum Gasteiger partial charge on any atom is -0.481 e. The average Bonchev–Trinajstić information content (AvgIpc) is 3.28. The van der Waals surface area contributed by atoms with E-state index in [4.69, 9.17) is 4.74 Å². The molecular weight excluding hydrogens is 342 g/mol. The van der Waals surface area contributed by atoms with E-state index in [9.17, 15) is 19.5 Å². The van der Waals surface area contributed by atoms with E-state index >= 15 is 0 Å². The van der Waals surface area contributed by atoms with Crippen LogP contribution >= 0.6 is 11.3 Å². The van der Waals surface area contributed by atoms with Crippen LogP contribution in [0.25, 0.3) is 0 Å². The van der Waals surface area contributed by atoms with Gasteiger partial charge < -0.3 is 15.2 Å². The number of carboxylic acid groups (broad SMARTS) is 1. The molecule has 1 heterocycles. The molecule has 1 amide bonds. The van der Waals surface area contributed by atoms with Crippen LogP contribution in [0.5, 0.6) is 0 Å². The Bertz CT molecular complexity index is 698. The zero-order chi connectivity index (χ0) is 18.1. The first-order chi connectivity index (χ1) is 12.0. The summed E-state index contributed by atoms with van der Waals surface area (Å²) in [4.78, 5) is 37.6. The number of carboxylic acids is 1. The Morgan fingerprint density at radius 2 is 1.92 bits per heavy atom. The highest BCUT2D eigenvalue weighted by Crippen LogP contribution is 2.52. The van der Waals surface area contributed by atoms with Gasteiger partial charge in [-0.1, -0.05) is 6.92 Å². The number of hydrogen-bond donors (Lipinski definition) is 2. The summed E-state index contributed by atoms with van der Waals surface area (Å²) in [5, 5.41) is 12.8. The van der Waals surface area contributed by atoms with Crippen molar-refractivity contribution in [3.05, 3.63) is 16.5 Å². The van der Waals surface area contributed by atoms with Gasteiger partial charge in [-0.15, -0.1) is 11.3 Å². The number of anilines is 1. The van der Waals surface area contributed by atoms with Crippen molar-refractivity contribution >= 4 is 34.2 Å². The van der Waals surface area contributed by atoms with E-state index in [-0.39, 0.29) is 24.3 Å². The summed E-state index contributed by atoms with van der Waals surface area (Å²) in [6.45, 7) is 3.97. The number of nitrogens with one attached hydrogen (secondary N) is 1. The van der Waals surface area contributed by atoms with Gasteiger partial charge >= 0.3 is 11.9 Å². The first-order valence-corrected chi connectivity index (χ1v) is 9.61. The minimum atomic E-state index is -0.890. The SMILES string of the molecule is CCOC(=O)c1cc(CC)sc1NC(=O)C1C2CCC(C2)C1C(=O)O. The average molecular weight is 365 g/mol. The van der Waals surface area contributed by atoms with Crippen LogP contribution in [0.1, 0.15) is 48.3 Å². The van der Waals surface area contributed by atoms with Crippen molar-refractivity contribution in [3.63, 3.8) is 0 Å². The Labute approximate surface area is 150 Å². The van der Waals surface area contributed by atoms with Crippen LogP contribution in [0.2, 0.25) is 0 Å². The van der Waals surface area contributed by atoms with Gasteiger partial charge in [-0.2, -0.15) is 0 Å². The Morgan fingerprint density at radius 1 is 1.24 bits per heavy atom. The maximum atomic E-state index is 12.8. The number of esters is 1. The molecule has 2 fully saturated rings. The summed E-state index contributed by atoms with van der Waals surface area (Å²) < 4.78 is 5.06. The third-order valence-corrected chi connectivity index (χ3v) is 6.56. The molecule has 1 aromatic rings. The molecule has 0 saturated heterocycles. The van der Waals surface area contributed by atoms with Crippen molar-refractivity contribution in [1.29, 1.82) is 0 Å². The van der Waals surface area contributed by atoms with Crippen LogP contribution < -0.4 is 5.32 Å². The minimum absolute atomic E-state index is 0.0947. The van der Waals surface area contributed by atoms with Crippen LogP contribution in [0, 0.1) is 23.7 Å². The van der Waals surface area contributed by atoms with E-state index < -0.39 is 23.8 Å². The van der Waals surface area contributed by atoms with Gasteiger partial charge in [0, 0.05) is 4.88 Å². The standard InChI is InChI=1S/C18H23NO5S/c1-3-11-8-12(18(23)24-4-2)16(25-11)19-15(20)13-9-5-6-10(7-9)14(13)17(21)22/h8-10,13-14H,3-7H2,1-2H3,(H,19,20)(H,21,22). The number of aryl methyl sites for hydroxylation is 1. The van der Waals surface area contributed by atoms with Crippen molar-refractivity contribution in [2.75, 3.05) is 11.9 Å². The van der Waals surface area contributed by atoms with Crippen molar-refractivity contribution in [3.8, 4) is 0 Å². The van der Waals surface area contributed by atoms with Crippen molar-refractivity contribution in [2.45, 2.75) is 39.5 Å². The highest BCUT2D eigenvalue weighted by molar-refractivity contribution is 7.16. The second kappa shape index (κ2) is 7.15. The Kier molecular flexibility index (Phi) is 5.13. The molecule has 2 aliphatic rings. The zero-order valence-electron chi connectivity index (χ0n) is 14.4. The number of hydrogen-bond acceptors (Lipinski definition) is 5. The lowest BCUT2D eigenvalue weighted by molar-refractivity contribution is -0.148. The number of ether oxygens (including phenoxy) is 1. The van der Waals surface area contributed by atoms with Gasteiger partial charge in [0.25, 0.3) is 0 Å². The molecule has 6 nitrogen and oxygen atoms in total. The maximum Gasteiger partial charge on any atom is 0.341 e. The molecule has 25 heavy (non-hydrogen) atoms. The fraction of sp³-hybridized carbons (Fsp3) is 0.611. The van der Waals surface area contributed by atoms with Crippen LogP contribution in [0.4, 0.5) is 5.00 Å². The molecule has 3 rings (SSSR count). The summed E-state index contributed by atoms with van der Waals surface area (Å²) >= 11 is 1.35. The predicted octanol–water partition coefficient (Wildman–Crippen LogP) is 3.17. The monoisotopic (exact) mass is 365 g/mol. The van der Waals surface area contributed by atoms with E-state index in [0.717, 1.165) is 30.6 Å². The van der Waals surface area contributed by atoms with Crippen molar-refractivity contribution < 1.29 is 24.2 Å². The number of rotatable bonds is 6. The largest absolute Gasteiger partial charge is 0.481 e. The highest BCUT2D eigenvalue weighted by Gasteiger charge is 2.54. The molecule has 2 N–H and O–H groups in total. The molecule has 2 bridgehead atoms. The molecule has 0 spiro atoms. The van der Waals surface area contributed by atoms with E-state index in [2.05, 4.69) is 5.32 Å². The molecule has 2 aliphatic carbocycles. The maximum absolute atomic E-state index is 12.8. The molecule has 0 radical (unpaired) electrons. The third kappa shape index (κ3) is 3.29. The van der Waals surface area contributed by atoms with Gasteiger partial charge in [0.2, 0.25) is 5.91 Å². The number of carbonyl (C=O) groups excluding carboxylic acids is 2. The van der Waals surface area contributed by atoms with Crippen LogP contribution in [0.15, 0.2) is 6.07 Å². The van der Waals surface area contributed by atoms with Crippen LogP contribution in [-0.4, -0.2) is 29.6 Å². The van der Waals surface area contributed by atoms with Crippen LogP contribution in [0.3, 0.4) is 0 Å². The normalized spacial score (nSPS) is 27.3. The second-order valence-electron chi connectivity index (χ2n) is 6.74. The molecule has 4 unspecified atom stereocenters. The predicted molar refractivity (Wildman–Crippen MR) is 93.7 cm³/mol. The van der Waals surface area contributed by atoms with Crippen molar-refractivity contribution in [1.82, 2.24) is 0 Å². The smallest absolute Gasteiger partial charge is 0.341 e. The lowest BCUT2D eigenvalue weighted by atomic mass is 9.79. The van der Waals surface area contributed by atoms with E-state index in [1.54, 1.807) is 13.0 Å². The highest BCUT2D eigenvalue weighted by atomic mass is 32.1. The van der Waals surface area contributed by atoms with Gasteiger partial charge in [-0.05, 0) is 50.5 Å². The fourth-order valence-corrected chi connectivity index (χ4v) is 5.28. The summed E-state index contributed by atoms with van der Waals surface area (Å²) in [6.07, 6.45) is 3.35. The first kappa shape index (κ1) is 17.9. The topological polar surface area (TPSA) is 92.7 Å². The van der Waals surface area contributed by atoms with Gasteiger partial charge in [0.1, 0.15) is 5.00 Å². The van der Waals surface area contributed by atoms with E-state index in [1.807, 2.05) is 6.92 Å². The summed E-state index contributed by atoms with van der Waals surface area (Å²) in [5.74, 6) is -2.54. The second-order valence-corrected chi connectivity index (χ2v) is 7.88. The number of aliphatic carboxylic acids is 1. The van der Waals surface area contributed by atoms with Gasteiger partial charge in [0.15, 0.2) is 0 Å². The lowest BCUT2D eigenvalue weighted by Crippen LogP contribution is -2.37. The van der Waals surface area contributed by atoms with Crippen LogP contribution in [-0.2, 0) is 20.7 Å². The zero-order valence-corrected chi connectivity index (χ0v) is 15.2. The number of thiophene rings is 1. The number of fused-ring (bicyclic) bond motifs is 2. The molecule has 1 aromatic heterocycles. The Morgan fingerprint density at radius 3 is 2.52 bits per heavy atom. The lowest BCUT2D eigenvalue weighted by Gasteiger charge is -2.26. The summed E-state index contributed by atoms with van der Waals surface area (Å²) in [7, 11) is 0. The molecule has 0 aromatic carbocycles. The third-order valence-electron chi connectivity index (χ3n) is 5.37. The summed E-state index contributed by atoms with van der Waals surface area (Å²) in [6, 6.07) is 1.74. The molecule has 2 saturated carbocycles. The number of amides is 1. The first-order valence-electron chi connectivity index (χ1n) is 8.79. The van der Waals surface area contributed by atoms with Gasteiger partial charge in [-0.3, -0.25) is 9.59 Å².